The van der Waals surface area contributed by atoms with E-state index in [0.29, 0.717) is 12.2 Å². The van der Waals surface area contributed by atoms with Crippen molar-refractivity contribution in [3.05, 3.63) is 17.5 Å². The molecular formula is C15H25N3O. The van der Waals surface area contributed by atoms with Gasteiger partial charge in [0.05, 0.1) is 17.7 Å². The molecular weight excluding hydrogens is 238 g/mol. The van der Waals surface area contributed by atoms with Crippen molar-refractivity contribution >= 4 is 5.78 Å². The molecule has 4 heteroatoms. The molecule has 0 amide bonds. The van der Waals surface area contributed by atoms with Gasteiger partial charge in [0.1, 0.15) is 0 Å². The van der Waals surface area contributed by atoms with E-state index in [-0.39, 0.29) is 5.54 Å². The number of likely N-dealkylation sites (N-methyl/N-ethyl adjacent to an activating group) is 1. The first-order chi connectivity index (χ1) is 8.99. The summed E-state index contributed by atoms with van der Waals surface area (Å²) in [6.45, 7) is 2.09. The lowest BCUT2D eigenvalue weighted by Crippen LogP contribution is -2.49. The highest BCUT2D eigenvalue weighted by atomic mass is 16.1. The van der Waals surface area contributed by atoms with Gasteiger partial charge >= 0.3 is 0 Å². The lowest BCUT2D eigenvalue weighted by Gasteiger charge is -2.34. The SMILES string of the molecule is CCc1cc(CC(=O)C2(N(C)C)CCCC2)n(C)n1. The van der Waals surface area contributed by atoms with Gasteiger partial charge in [-0.25, -0.2) is 0 Å². The fourth-order valence-corrected chi connectivity index (χ4v) is 3.17. The van der Waals surface area contributed by atoms with Crippen molar-refractivity contribution in [1.29, 1.82) is 0 Å². The largest absolute Gasteiger partial charge is 0.297 e. The molecule has 106 valence electrons. The van der Waals surface area contributed by atoms with Gasteiger partial charge in [0.25, 0.3) is 0 Å². The number of aryl methyl sites for hydroxylation is 2. The Kier molecular flexibility index (Phi) is 4.09. The molecule has 1 aliphatic rings. The topological polar surface area (TPSA) is 38.1 Å². The summed E-state index contributed by atoms with van der Waals surface area (Å²) < 4.78 is 1.86. The summed E-state index contributed by atoms with van der Waals surface area (Å²) in [5.74, 6) is 0.348. The Morgan fingerprint density at radius 3 is 2.53 bits per heavy atom. The molecule has 1 aromatic heterocycles. The molecule has 0 aromatic carbocycles. The van der Waals surface area contributed by atoms with Gasteiger partial charge in [0.15, 0.2) is 5.78 Å². The zero-order chi connectivity index (χ0) is 14.0. The van der Waals surface area contributed by atoms with Crippen molar-refractivity contribution in [3.63, 3.8) is 0 Å². The van der Waals surface area contributed by atoms with Gasteiger partial charge in [-0.1, -0.05) is 19.8 Å². The minimum Gasteiger partial charge on any atom is -0.297 e. The summed E-state index contributed by atoms with van der Waals surface area (Å²) in [6, 6.07) is 2.07. The van der Waals surface area contributed by atoms with Crippen LogP contribution in [0.3, 0.4) is 0 Å². The van der Waals surface area contributed by atoms with E-state index in [1.807, 2.05) is 25.8 Å². The predicted molar refractivity (Wildman–Crippen MR) is 76.2 cm³/mol. The zero-order valence-electron chi connectivity index (χ0n) is 12.6. The molecule has 0 aliphatic heterocycles. The number of hydrogen-bond donors (Lipinski definition) is 0. The van der Waals surface area contributed by atoms with Gasteiger partial charge in [0, 0.05) is 12.7 Å². The maximum atomic E-state index is 12.7. The molecule has 0 N–H and O–H groups in total. The third-order valence-electron chi connectivity index (χ3n) is 4.54. The monoisotopic (exact) mass is 263 g/mol. The van der Waals surface area contributed by atoms with E-state index in [1.54, 1.807) is 0 Å². The van der Waals surface area contributed by atoms with E-state index in [9.17, 15) is 4.79 Å². The van der Waals surface area contributed by atoms with E-state index in [1.165, 1.54) is 0 Å². The zero-order valence-corrected chi connectivity index (χ0v) is 12.6. The molecule has 2 rings (SSSR count). The Bertz CT molecular complexity index is 456. The minimum absolute atomic E-state index is 0.239. The third-order valence-corrected chi connectivity index (χ3v) is 4.54. The first kappa shape index (κ1) is 14.3. The van der Waals surface area contributed by atoms with Gasteiger partial charge in [-0.3, -0.25) is 14.4 Å². The Morgan fingerprint density at radius 1 is 1.42 bits per heavy atom. The van der Waals surface area contributed by atoms with Crippen molar-refractivity contribution in [1.82, 2.24) is 14.7 Å². The van der Waals surface area contributed by atoms with Crippen molar-refractivity contribution in [3.8, 4) is 0 Å². The second-order valence-corrected chi connectivity index (χ2v) is 5.84. The van der Waals surface area contributed by atoms with Crippen LogP contribution in [0.5, 0.6) is 0 Å². The molecule has 1 fully saturated rings. The number of ketones is 1. The van der Waals surface area contributed by atoms with Crippen LogP contribution < -0.4 is 0 Å². The van der Waals surface area contributed by atoms with Crippen LogP contribution in [-0.4, -0.2) is 40.1 Å². The van der Waals surface area contributed by atoms with Crippen LogP contribution in [0.4, 0.5) is 0 Å². The van der Waals surface area contributed by atoms with E-state index in [4.69, 9.17) is 0 Å². The molecule has 0 radical (unpaired) electrons. The summed E-state index contributed by atoms with van der Waals surface area (Å²) in [4.78, 5) is 14.9. The summed E-state index contributed by atoms with van der Waals surface area (Å²) >= 11 is 0. The van der Waals surface area contributed by atoms with Crippen LogP contribution in [0, 0.1) is 0 Å². The molecule has 1 saturated carbocycles. The smallest absolute Gasteiger partial charge is 0.158 e. The maximum absolute atomic E-state index is 12.7. The number of nitrogens with zero attached hydrogens (tertiary/aromatic N) is 3. The summed E-state index contributed by atoms with van der Waals surface area (Å²) in [7, 11) is 5.99. The van der Waals surface area contributed by atoms with Crippen molar-refractivity contribution < 1.29 is 4.79 Å². The van der Waals surface area contributed by atoms with Crippen LogP contribution in [0.1, 0.15) is 44.0 Å². The van der Waals surface area contributed by atoms with Crippen LogP contribution in [0.2, 0.25) is 0 Å². The highest BCUT2D eigenvalue weighted by Crippen LogP contribution is 2.35. The number of carbonyl (C=O) groups is 1. The van der Waals surface area contributed by atoms with Crippen LogP contribution in [-0.2, 0) is 24.7 Å². The second-order valence-electron chi connectivity index (χ2n) is 5.84. The molecule has 0 spiro atoms. The average Bonchev–Trinajstić information content (AvgIpc) is 2.97. The summed E-state index contributed by atoms with van der Waals surface area (Å²) in [6.07, 6.45) is 5.74. The number of Topliss-reactive ketones (excluding diaryl/α,β-unsaturated/α-hetero) is 1. The van der Waals surface area contributed by atoms with E-state index in [2.05, 4.69) is 23.0 Å². The van der Waals surface area contributed by atoms with Gasteiger partial charge in [0.2, 0.25) is 0 Å². The molecule has 4 nitrogen and oxygen atoms in total. The molecule has 1 aromatic rings. The first-order valence-electron chi connectivity index (χ1n) is 7.22. The number of rotatable bonds is 5. The minimum atomic E-state index is -0.239. The molecule has 0 atom stereocenters. The van der Waals surface area contributed by atoms with Gasteiger partial charge < -0.3 is 0 Å². The lowest BCUT2D eigenvalue weighted by atomic mass is 9.88. The first-order valence-corrected chi connectivity index (χ1v) is 7.22. The van der Waals surface area contributed by atoms with Gasteiger partial charge in [-0.2, -0.15) is 5.10 Å². The van der Waals surface area contributed by atoms with Crippen molar-refractivity contribution in [2.75, 3.05) is 14.1 Å². The lowest BCUT2D eigenvalue weighted by molar-refractivity contribution is -0.129. The highest BCUT2D eigenvalue weighted by molar-refractivity contribution is 5.90. The van der Waals surface area contributed by atoms with Crippen molar-refractivity contribution in [2.45, 2.75) is 51.0 Å². The van der Waals surface area contributed by atoms with Crippen LogP contribution in [0.15, 0.2) is 6.07 Å². The summed E-state index contributed by atoms with van der Waals surface area (Å²) in [5.41, 5.74) is 1.86. The maximum Gasteiger partial charge on any atom is 0.158 e. The average molecular weight is 263 g/mol. The Morgan fingerprint density at radius 2 is 2.05 bits per heavy atom. The molecule has 19 heavy (non-hydrogen) atoms. The summed E-state index contributed by atoms with van der Waals surface area (Å²) in [5, 5.41) is 4.43. The Hall–Kier alpha value is -1.16. The predicted octanol–water partition coefficient (Wildman–Crippen LogP) is 1.97. The van der Waals surface area contributed by atoms with Gasteiger partial charge in [-0.15, -0.1) is 0 Å². The Balaban J connectivity index is 2.17. The molecule has 0 bridgehead atoms. The fourth-order valence-electron chi connectivity index (χ4n) is 3.17. The van der Waals surface area contributed by atoms with E-state index in [0.717, 1.165) is 43.5 Å². The third kappa shape index (κ3) is 2.59. The van der Waals surface area contributed by atoms with Crippen LogP contribution in [0.25, 0.3) is 0 Å². The fraction of sp³-hybridized carbons (Fsp3) is 0.733. The normalized spacial score (nSPS) is 18.2. The standard InChI is InChI=1S/C15H25N3O/c1-5-12-10-13(18(4)16-12)11-14(19)15(17(2)3)8-6-7-9-15/h10H,5-9,11H2,1-4H3. The van der Waals surface area contributed by atoms with E-state index >= 15 is 0 Å². The Labute approximate surface area is 115 Å². The van der Waals surface area contributed by atoms with Gasteiger partial charge in [-0.05, 0) is 39.4 Å². The molecule has 1 aliphatic carbocycles. The molecule has 1 heterocycles. The number of hydrogen-bond acceptors (Lipinski definition) is 3. The van der Waals surface area contributed by atoms with E-state index < -0.39 is 0 Å². The van der Waals surface area contributed by atoms with Crippen LogP contribution >= 0.6 is 0 Å². The van der Waals surface area contributed by atoms with Crippen molar-refractivity contribution in [2.24, 2.45) is 7.05 Å². The molecule has 0 unspecified atom stereocenters. The number of carbonyl (C=O) groups excluding carboxylic acids is 1. The number of aromatic nitrogens is 2. The second kappa shape index (κ2) is 5.45. The quantitative estimate of drug-likeness (QED) is 0.815. The molecule has 0 saturated heterocycles. The highest BCUT2D eigenvalue weighted by Gasteiger charge is 2.42.